The minimum absolute atomic E-state index is 0.00181. The first-order chi connectivity index (χ1) is 15.8. The molecule has 0 aliphatic carbocycles. The van der Waals surface area contributed by atoms with Crippen LogP contribution in [0.2, 0.25) is 0 Å². The molecule has 4 rings (SSSR count). The van der Waals surface area contributed by atoms with Gasteiger partial charge in [-0.25, -0.2) is 4.79 Å². The van der Waals surface area contributed by atoms with Crippen molar-refractivity contribution in [3.05, 3.63) is 58.8 Å². The molecule has 180 valence electrons. The molecule has 0 fully saturated rings. The van der Waals surface area contributed by atoms with E-state index in [2.05, 4.69) is 9.47 Å². The number of carboxylic acid groups (broad SMARTS) is 1. The lowest BCUT2D eigenvalue weighted by atomic mass is 10.1. The Morgan fingerprint density at radius 1 is 1.12 bits per heavy atom. The third-order valence-electron chi connectivity index (χ3n) is 5.39. The molecule has 34 heavy (non-hydrogen) atoms. The first kappa shape index (κ1) is 23.3. The molecule has 0 saturated heterocycles. The highest BCUT2D eigenvalue weighted by Crippen LogP contribution is 2.44. The smallest absolute Gasteiger partial charge is 0.478 e. The summed E-state index contributed by atoms with van der Waals surface area (Å²) in [6.07, 6.45) is -8.98. The minimum atomic E-state index is -4.97. The number of halogens is 5. The maximum atomic E-state index is 13.9. The summed E-state index contributed by atoms with van der Waals surface area (Å²) in [6.45, 7) is 3.46. The second-order valence-electron chi connectivity index (χ2n) is 7.63. The Balaban J connectivity index is 1.72. The molecule has 7 nitrogen and oxygen atoms in total. The van der Waals surface area contributed by atoms with E-state index < -0.39 is 47.5 Å². The van der Waals surface area contributed by atoms with Crippen LogP contribution in [0.25, 0.3) is 10.9 Å². The zero-order valence-corrected chi connectivity index (χ0v) is 17.7. The van der Waals surface area contributed by atoms with Crippen LogP contribution < -0.4 is 14.8 Å². The third-order valence-corrected chi connectivity index (χ3v) is 5.39. The zero-order chi connectivity index (χ0) is 25.0. The summed E-state index contributed by atoms with van der Waals surface area (Å²) in [4.78, 5) is 24.4. The number of fused-ring (bicyclic) bond motifs is 2. The molecule has 0 spiro atoms. The standard InChI is InChI=1S/C22H17F5N2O5/c1-3-29-14-6-10(2)13(20(31)32)7-12(14)8-15(29)19(30)28-18(21(23,24)25)11-4-5-16-17(9-11)34-22(26,27)33-16/h4-9,18H,3H2,1-2H3,(H,28,30)(H,31,32). The van der Waals surface area contributed by atoms with Crippen LogP contribution in [0.4, 0.5) is 22.0 Å². The van der Waals surface area contributed by atoms with Gasteiger partial charge in [0.05, 0.1) is 5.56 Å². The average molecular weight is 484 g/mol. The molecular weight excluding hydrogens is 467 g/mol. The molecule has 0 radical (unpaired) electrons. The summed E-state index contributed by atoms with van der Waals surface area (Å²) in [6, 6.07) is 4.17. The van der Waals surface area contributed by atoms with Crippen molar-refractivity contribution in [3.63, 3.8) is 0 Å². The second-order valence-corrected chi connectivity index (χ2v) is 7.63. The number of amides is 1. The lowest BCUT2D eigenvalue weighted by Gasteiger charge is -2.22. The number of aromatic nitrogens is 1. The van der Waals surface area contributed by atoms with Crippen molar-refractivity contribution in [1.82, 2.24) is 9.88 Å². The number of ether oxygens (including phenoxy) is 2. The van der Waals surface area contributed by atoms with E-state index in [-0.39, 0.29) is 17.8 Å². The Hall–Kier alpha value is -3.83. The van der Waals surface area contributed by atoms with E-state index in [0.29, 0.717) is 16.5 Å². The van der Waals surface area contributed by atoms with Crippen LogP contribution >= 0.6 is 0 Å². The number of nitrogens with one attached hydrogen (secondary N) is 1. The number of carbonyl (C=O) groups is 2. The van der Waals surface area contributed by atoms with Crippen molar-refractivity contribution in [2.75, 3.05) is 0 Å². The van der Waals surface area contributed by atoms with Gasteiger partial charge in [0.25, 0.3) is 5.91 Å². The van der Waals surface area contributed by atoms with Crippen LogP contribution in [-0.4, -0.2) is 34.0 Å². The predicted octanol–water partition coefficient (Wildman–Crippen LogP) is 5.02. The molecule has 1 unspecified atom stereocenters. The molecule has 2 aromatic carbocycles. The molecule has 1 aliphatic rings. The van der Waals surface area contributed by atoms with Gasteiger partial charge >= 0.3 is 18.4 Å². The number of hydrogen-bond donors (Lipinski definition) is 2. The molecule has 1 aliphatic heterocycles. The van der Waals surface area contributed by atoms with Crippen LogP contribution in [0.3, 0.4) is 0 Å². The van der Waals surface area contributed by atoms with E-state index in [9.17, 15) is 36.6 Å². The van der Waals surface area contributed by atoms with Crippen LogP contribution in [0.15, 0.2) is 36.4 Å². The number of alkyl halides is 5. The number of nitrogens with zero attached hydrogens (tertiary/aromatic N) is 1. The van der Waals surface area contributed by atoms with E-state index in [1.54, 1.807) is 19.9 Å². The molecular formula is C22H17F5N2O5. The molecule has 0 bridgehead atoms. The highest BCUT2D eigenvalue weighted by Gasteiger charge is 2.46. The lowest BCUT2D eigenvalue weighted by molar-refractivity contribution is -0.286. The Kier molecular flexibility index (Phi) is 5.41. The fraction of sp³-hybridized carbons (Fsp3) is 0.273. The van der Waals surface area contributed by atoms with Crippen LogP contribution in [-0.2, 0) is 6.54 Å². The maximum Gasteiger partial charge on any atom is 0.586 e. The van der Waals surface area contributed by atoms with Crippen molar-refractivity contribution >= 4 is 22.8 Å². The van der Waals surface area contributed by atoms with Crippen molar-refractivity contribution < 1.29 is 46.1 Å². The topological polar surface area (TPSA) is 89.8 Å². The van der Waals surface area contributed by atoms with Gasteiger partial charge in [0.1, 0.15) is 5.69 Å². The number of aryl methyl sites for hydroxylation is 2. The van der Waals surface area contributed by atoms with Crippen molar-refractivity contribution in [3.8, 4) is 11.5 Å². The Labute approximate surface area is 188 Å². The number of aromatic carboxylic acids is 1. The highest BCUT2D eigenvalue weighted by molar-refractivity contribution is 6.01. The summed E-state index contributed by atoms with van der Waals surface area (Å²) in [5.41, 5.74) is 0.234. The maximum absolute atomic E-state index is 13.9. The first-order valence-corrected chi connectivity index (χ1v) is 9.95. The lowest BCUT2D eigenvalue weighted by Crippen LogP contribution is -2.38. The summed E-state index contributed by atoms with van der Waals surface area (Å²) in [5.74, 6) is -3.29. The second kappa shape index (κ2) is 7.89. The number of carbonyl (C=O) groups excluding carboxylic acids is 1. The fourth-order valence-corrected chi connectivity index (χ4v) is 3.88. The Morgan fingerprint density at radius 3 is 2.41 bits per heavy atom. The van der Waals surface area contributed by atoms with Crippen molar-refractivity contribution in [2.45, 2.75) is 38.9 Å². The van der Waals surface area contributed by atoms with Gasteiger partial charge in [-0.1, -0.05) is 6.07 Å². The van der Waals surface area contributed by atoms with Crippen LogP contribution in [0.1, 0.15) is 44.9 Å². The molecule has 2 heterocycles. The van der Waals surface area contributed by atoms with Gasteiger partial charge in [-0.2, -0.15) is 13.2 Å². The van der Waals surface area contributed by atoms with Crippen molar-refractivity contribution in [1.29, 1.82) is 0 Å². The summed E-state index contributed by atoms with van der Waals surface area (Å²) >= 11 is 0. The molecule has 1 aromatic heterocycles. The summed E-state index contributed by atoms with van der Waals surface area (Å²) in [5, 5.41) is 11.6. The van der Waals surface area contributed by atoms with E-state index in [4.69, 9.17) is 0 Å². The minimum Gasteiger partial charge on any atom is -0.478 e. The van der Waals surface area contributed by atoms with Gasteiger partial charge in [-0.3, -0.25) is 4.79 Å². The monoisotopic (exact) mass is 484 g/mol. The van der Waals surface area contributed by atoms with Crippen LogP contribution in [0, 0.1) is 6.92 Å². The van der Waals surface area contributed by atoms with Gasteiger partial charge < -0.3 is 24.5 Å². The molecule has 12 heteroatoms. The number of carboxylic acids is 1. The largest absolute Gasteiger partial charge is 0.586 e. The van der Waals surface area contributed by atoms with Gasteiger partial charge in [0.15, 0.2) is 17.5 Å². The predicted molar refractivity (Wildman–Crippen MR) is 108 cm³/mol. The number of benzene rings is 2. The van der Waals surface area contributed by atoms with Crippen molar-refractivity contribution in [2.24, 2.45) is 0 Å². The first-order valence-electron chi connectivity index (χ1n) is 9.95. The van der Waals surface area contributed by atoms with E-state index in [1.165, 1.54) is 16.7 Å². The van der Waals surface area contributed by atoms with E-state index in [1.807, 2.05) is 5.32 Å². The van der Waals surface area contributed by atoms with E-state index >= 15 is 0 Å². The third kappa shape index (κ3) is 4.11. The quantitative estimate of drug-likeness (QED) is 0.497. The molecule has 0 saturated carbocycles. The highest BCUT2D eigenvalue weighted by atomic mass is 19.4. The van der Waals surface area contributed by atoms with Gasteiger partial charge in [0, 0.05) is 17.4 Å². The zero-order valence-electron chi connectivity index (χ0n) is 17.7. The molecule has 1 amide bonds. The Bertz CT molecular complexity index is 1320. The molecule has 3 aromatic rings. The summed E-state index contributed by atoms with van der Waals surface area (Å²) in [7, 11) is 0. The van der Waals surface area contributed by atoms with E-state index in [0.717, 1.165) is 18.2 Å². The fourth-order valence-electron chi connectivity index (χ4n) is 3.88. The van der Waals surface area contributed by atoms with Gasteiger partial charge in [-0.05, 0) is 55.3 Å². The normalized spacial score (nSPS) is 15.4. The number of rotatable bonds is 5. The SMILES string of the molecule is CCn1c(C(=O)NC(c2ccc3c(c2)OC(F)(F)O3)C(F)(F)F)cc2cc(C(=O)O)c(C)cc21. The molecule has 2 N–H and O–H groups in total. The summed E-state index contributed by atoms with van der Waals surface area (Å²) < 4.78 is 78.0. The van der Waals surface area contributed by atoms with Gasteiger partial charge in [-0.15, -0.1) is 8.78 Å². The Morgan fingerprint density at radius 2 is 1.79 bits per heavy atom. The molecule has 1 atom stereocenters. The average Bonchev–Trinajstić information content (AvgIpc) is 3.24. The number of hydrogen-bond acceptors (Lipinski definition) is 4. The van der Waals surface area contributed by atoms with Gasteiger partial charge in [0.2, 0.25) is 0 Å². The van der Waals surface area contributed by atoms with Crippen LogP contribution in [0.5, 0.6) is 11.5 Å².